The fourth-order valence-electron chi connectivity index (χ4n) is 9.45. The highest BCUT2D eigenvalue weighted by atomic mass is 16.6. The maximum absolute atomic E-state index is 12.9. The molecule has 0 amide bonds. The molecule has 2 aliphatic heterocycles. The van der Waals surface area contributed by atoms with Gasteiger partial charge in [-0.05, 0) is 108 Å². The molecule has 1 saturated heterocycles. The number of aryl methyl sites for hydroxylation is 1. The SMILES string of the molecule is CC(=O)Oc1ccc2c3c1O[C@H]1[C@H](N(CCCCCCc4ccccc4)C(C)C)CC[C@@]4(O)[C@@H](C2)N(CC2CC2)CC[C@]314. The first-order chi connectivity index (χ1) is 20.8. The van der Waals surface area contributed by atoms with Crippen molar-refractivity contribution in [3.63, 3.8) is 0 Å². The minimum atomic E-state index is -0.839. The van der Waals surface area contributed by atoms with Crippen molar-refractivity contribution in [2.75, 3.05) is 19.6 Å². The van der Waals surface area contributed by atoms with Crippen LogP contribution in [0.1, 0.15) is 95.2 Å². The number of hydrogen-bond acceptors (Lipinski definition) is 6. The van der Waals surface area contributed by atoms with Crippen LogP contribution < -0.4 is 9.47 Å². The zero-order valence-corrected chi connectivity index (χ0v) is 26.4. The number of ether oxygens (including phenoxy) is 2. The molecule has 2 aromatic carbocycles. The van der Waals surface area contributed by atoms with E-state index in [2.05, 4.69) is 60.0 Å². The average molecular weight is 587 g/mol. The molecule has 0 radical (unpaired) electrons. The molecule has 43 heavy (non-hydrogen) atoms. The van der Waals surface area contributed by atoms with E-state index in [0.29, 0.717) is 11.8 Å². The zero-order valence-electron chi connectivity index (χ0n) is 26.4. The third kappa shape index (κ3) is 5.02. The number of nitrogens with zero attached hydrogens (tertiary/aromatic N) is 2. The van der Waals surface area contributed by atoms with E-state index in [1.54, 1.807) is 0 Å². The van der Waals surface area contributed by atoms with E-state index in [1.165, 1.54) is 56.6 Å². The van der Waals surface area contributed by atoms with Gasteiger partial charge >= 0.3 is 5.97 Å². The van der Waals surface area contributed by atoms with Crippen molar-refractivity contribution in [2.24, 2.45) is 5.92 Å². The standard InChI is InChI=1S/C37H50N2O4/c1-25(2)39(21-10-5-4-7-11-27-12-8-6-9-13-27)30-18-19-37(41)32-23-29-16-17-31(42-26(3)40)34-33(29)36(37,35(30)43-34)20-22-38(32)24-28-14-15-28/h6,8-9,12-13,16-17,25,28,30,32,35,41H,4-5,7,10-11,14-15,18-24H2,1-3H3/t30-,32-,35+,36+,37-/m1/s1. The van der Waals surface area contributed by atoms with Crippen molar-refractivity contribution in [3.05, 3.63) is 59.2 Å². The Morgan fingerprint density at radius 3 is 2.60 bits per heavy atom. The first-order valence-corrected chi connectivity index (χ1v) is 17.1. The lowest BCUT2D eigenvalue weighted by atomic mass is 9.48. The second-order valence-corrected chi connectivity index (χ2v) is 14.5. The summed E-state index contributed by atoms with van der Waals surface area (Å²) >= 11 is 0. The summed E-state index contributed by atoms with van der Waals surface area (Å²) in [7, 11) is 0. The molecule has 7 rings (SSSR count). The lowest BCUT2D eigenvalue weighted by Crippen LogP contribution is -2.78. The molecule has 3 aliphatic carbocycles. The van der Waals surface area contributed by atoms with Crippen molar-refractivity contribution >= 4 is 5.97 Å². The second-order valence-electron chi connectivity index (χ2n) is 14.5. The first-order valence-electron chi connectivity index (χ1n) is 17.1. The predicted molar refractivity (Wildman–Crippen MR) is 169 cm³/mol. The fourth-order valence-corrected chi connectivity index (χ4v) is 9.45. The number of benzene rings is 2. The van der Waals surface area contributed by atoms with Crippen molar-refractivity contribution in [1.82, 2.24) is 9.80 Å². The fraction of sp³-hybridized carbons (Fsp3) is 0.649. The van der Waals surface area contributed by atoms with Gasteiger partial charge in [0.1, 0.15) is 6.10 Å². The molecule has 2 heterocycles. The minimum absolute atomic E-state index is 0.115. The molecule has 0 aromatic heterocycles. The van der Waals surface area contributed by atoms with Gasteiger partial charge in [-0.2, -0.15) is 0 Å². The molecule has 232 valence electrons. The summed E-state index contributed by atoms with van der Waals surface area (Å²) in [5, 5.41) is 12.9. The van der Waals surface area contributed by atoms with Gasteiger partial charge in [0.2, 0.25) is 0 Å². The lowest BCUT2D eigenvalue weighted by molar-refractivity contribution is -0.202. The maximum Gasteiger partial charge on any atom is 0.308 e. The van der Waals surface area contributed by atoms with E-state index in [4.69, 9.17) is 9.47 Å². The topological polar surface area (TPSA) is 62.2 Å². The lowest BCUT2D eigenvalue weighted by Gasteiger charge is -2.65. The van der Waals surface area contributed by atoms with Crippen LogP contribution in [-0.4, -0.2) is 70.3 Å². The summed E-state index contributed by atoms with van der Waals surface area (Å²) < 4.78 is 12.8. The molecule has 6 nitrogen and oxygen atoms in total. The van der Waals surface area contributed by atoms with E-state index in [9.17, 15) is 9.90 Å². The monoisotopic (exact) mass is 586 g/mol. The predicted octanol–water partition coefficient (Wildman–Crippen LogP) is 6.06. The minimum Gasteiger partial charge on any atom is -0.483 e. The van der Waals surface area contributed by atoms with E-state index < -0.39 is 11.0 Å². The number of esters is 1. The molecule has 2 bridgehead atoms. The van der Waals surface area contributed by atoms with Crippen LogP contribution in [0.15, 0.2) is 42.5 Å². The van der Waals surface area contributed by atoms with Gasteiger partial charge in [0.05, 0.1) is 11.0 Å². The number of carbonyl (C=O) groups excluding carboxylic acids is 1. The smallest absolute Gasteiger partial charge is 0.308 e. The largest absolute Gasteiger partial charge is 0.483 e. The molecule has 1 N–H and O–H groups in total. The first kappa shape index (κ1) is 29.3. The van der Waals surface area contributed by atoms with E-state index in [-0.39, 0.29) is 24.2 Å². The molecule has 2 aromatic rings. The summed E-state index contributed by atoms with van der Waals surface area (Å²) in [6, 6.07) is 15.6. The quantitative estimate of drug-likeness (QED) is 0.185. The Morgan fingerprint density at radius 2 is 1.86 bits per heavy atom. The normalized spacial score (nSPS) is 30.8. The number of rotatable bonds is 12. The van der Waals surface area contributed by atoms with Gasteiger partial charge in [-0.15, -0.1) is 0 Å². The molecular weight excluding hydrogens is 536 g/mol. The van der Waals surface area contributed by atoms with Crippen molar-refractivity contribution in [2.45, 2.75) is 127 Å². The van der Waals surface area contributed by atoms with Gasteiger partial charge in [0, 0.05) is 37.2 Å². The van der Waals surface area contributed by atoms with Gasteiger partial charge < -0.3 is 14.6 Å². The van der Waals surface area contributed by atoms with Crippen LogP contribution in [0.3, 0.4) is 0 Å². The summed E-state index contributed by atoms with van der Waals surface area (Å²) in [5.74, 6) is 1.70. The van der Waals surface area contributed by atoms with Crippen LogP contribution in [-0.2, 0) is 23.1 Å². The Bertz CT molecular complexity index is 1330. The number of unbranched alkanes of at least 4 members (excludes halogenated alkanes) is 3. The van der Waals surface area contributed by atoms with Crippen molar-refractivity contribution in [3.8, 4) is 11.5 Å². The van der Waals surface area contributed by atoms with Crippen LogP contribution >= 0.6 is 0 Å². The van der Waals surface area contributed by atoms with Gasteiger partial charge in [0.25, 0.3) is 0 Å². The van der Waals surface area contributed by atoms with E-state index in [0.717, 1.165) is 69.0 Å². The average Bonchev–Trinajstić information content (AvgIpc) is 3.73. The molecule has 6 heteroatoms. The summed E-state index contributed by atoms with van der Waals surface area (Å²) in [6.07, 6.45) is 12.0. The molecule has 1 spiro atoms. The number of aliphatic hydroxyl groups is 1. The summed E-state index contributed by atoms with van der Waals surface area (Å²) in [5.41, 5.74) is 2.55. The van der Waals surface area contributed by atoms with Gasteiger partial charge in [-0.3, -0.25) is 14.6 Å². The summed E-state index contributed by atoms with van der Waals surface area (Å²) in [6.45, 7) is 9.22. The Kier molecular flexibility index (Phi) is 7.84. The van der Waals surface area contributed by atoms with Crippen LogP contribution in [0, 0.1) is 5.92 Å². The summed E-state index contributed by atoms with van der Waals surface area (Å²) in [4.78, 5) is 17.4. The second kappa shape index (κ2) is 11.5. The molecule has 5 atom stereocenters. The highest BCUT2D eigenvalue weighted by molar-refractivity contribution is 5.72. The van der Waals surface area contributed by atoms with Crippen molar-refractivity contribution in [1.29, 1.82) is 0 Å². The van der Waals surface area contributed by atoms with Crippen LogP contribution in [0.4, 0.5) is 0 Å². The highest BCUT2D eigenvalue weighted by Gasteiger charge is 2.73. The van der Waals surface area contributed by atoms with Crippen LogP contribution in [0.2, 0.25) is 0 Å². The van der Waals surface area contributed by atoms with Gasteiger partial charge in [0.15, 0.2) is 11.5 Å². The maximum atomic E-state index is 12.9. The molecule has 3 fully saturated rings. The Labute approximate surface area is 257 Å². The van der Waals surface area contributed by atoms with E-state index >= 15 is 0 Å². The van der Waals surface area contributed by atoms with Gasteiger partial charge in [-0.1, -0.05) is 49.2 Å². The third-order valence-electron chi connectivity index (χ3n) is 11.5. The Balaban J connectivity index is 1.14. The number of carbonyl (C=O) groups is 1. The Hall–Kier alpha value is -2.41. The zero-order chi connectivity index (χ0) is 29.8. The van der Waals surface area contributed by atoms with Gasteiger partial charge in [-0.25, -0.2) is 0 Å². The molecule has 0 unspecified atom stereocenters. The molecule has 5 aliphatic rings. The highest BCUT2D eigenvalue weighted by Crippen LogP contribution is 2.66. The third-order valence-corrected chi connectivity index (χ3v) is 11.5. The van der Waals surface area contributed by atoms with Crippen LogP contribution in [0.5, 0.6) is 11.5 Å². The number of piperidine rings is 1. The van der Waals surface area contributed by atoms with Crippen LogP contribution in [0.25, 0.3) is 0 Å². The number of hydrogen-bond donors (Lipinski definition) is 1. The van der Waals surface area contributed by atoms with E-state index in [1.807, 2.05) is 6.07 Å². The molecule has 2 saturated carbocycles. The molecular formula is C37H50N2O4. The number of likely N-dealkylation sites (tertiary alicyclic amines) is 1. The Morgan fingerprint density at radius 1 is 1.07 bits per heavy atom. The van der Waals surface area contributed by atoms with Crippen molar-refractivity contribution < 1.29 is 19.4 Å².